The predicted octanol–water partition coefficient (Wildman–Crippen LogP) is 6.98. The van der Waals surface area contributed by atoms with Gasteiger partial charge in [0.05, 0.1) is 0 Å². The number of hydrogen-bond donors (Lipinski definition) is 0. The fourth-order valence-corrected chi connectivity index (χ4v) is 9.35. The standard InChI is InChI=1S/C28H47NO5/c1-18(7-12-25(30)33-26(2,3)4)22-10-11-23-21-9-8-19-17-20(34-29(31)32)13-15-27(19,5)24(21)14-16-28(22,23)6/h18-24H,7-17H2,1-6H3/t18-,19-,20-,21+,22-,23+,24+,27+,28-/m1/s1. The molecule has 0 aliphatic heterocycles. The topological polar surface area (TPSA) is 78.7 Å². The third-order valence-corrected chi connectivity index (χ3v) is 10.8. The highest BCUT2D eigenvalue weighted by molar-refractivity contribution is 5.69. The van der Waals surface area contributed by atoms with Crippen molar-refractivity contribution in [3.63, 3.8) is 0 Å². The number of rotatable bonds is 6. The average molecular weight is 478 g/mol. The van der Waals surface area contributed by atoms with Gasteiger partial charge in [-0.3, -0.25) is 4.79 Å². The largest absolute Gasteiger partial charge is 0.460 e. The highest BCUT2D eigenvalue weighted by Crippen LogP contribution is 2.68. The van der Waals surface area contributed by atoms with E-state index in [1.165, 1.54) is 38.5 Å². The lowest BCUT2D eigenvalue weighted by molar-refractivity contribution is -0.770. The van der Waals surface area contributed by atoms with E-state index >= 15 is 0 Å². The Kier molecular flexibility index (Phi) is 7.03. The van der Waals surface area contributed by atoms with E-state index in [-0.39, 0.29) is 12.1 Å². The maximum Gasteiger partial charge on any atom is 0.306 e. The summed E-state index contributed by atoms with van der Waals surface area (Å²) in [6, 6.07) is 0. The Morgan fingerprint density at radius 2 is 1.71 bits per heavy atom. The average Bonchev–Trinajstić information content (AvgIpc) is 3.08. The van der Waals surface area contributed by atoms with Gasteiger partial charge in [-0.2, -0.15) is 0 Å². The molecule has 0 saturated heterocycles. The SMILES string of the molecule is C[C@H](CCC(=O)OC(C)(C)C)[C@H]1CC[C@H]2[C@@H]3CC[C@@H]4C[C@H](O[N+](=O)[O-])CC[C@]4(C)[C@H]3CC[C@]12C. The zero-order chi connectivity index (χ0) is 24.9. The fourth-order valence-electron chi connectivity index (χ4n) is 9.35. The van der Waals surface area contributed by atoms with E-state index in [0.29, 0.717) is 35.0 Å². The second-order valence-electron chi connectivity index (χ2n) is 13.7. The third kappa shape index (κ3) is 4.84. The molecule has 0 N–H and O–H groups in total. The molecule has 6 nitrogen and oxygen atoms in total. The van der Waals surface area contributed by atoms with Crippen LogP contribution in [0.25, 0.3) is 0 Å². The van der Waals surface area contributed by atoms with Crippen molar-refractivity contribution >= 4 is 5.97 Å². The van der Waals surface area contributed by atoms with Crippen LogP contribution in [0.2, 0.25) is 0 Å². The number of ether oxygens (including phenoxy) is 1. The number of nitrogens with zero attached hydrogens (tertiary/aromatic N) is 1. The first-order valence-electron chi connectivity index (χ1n) is 13.9. The van der Waals surface area contributed by atoms with Gasteiger partial charge in [0.25, 0.3) is 5.09 Å². The van der Waals surface area contributed by atoms with Crippen LogP contribution in [0.3, 0.4) is 0 Å². The Balaban J connectivity index is 1.40. The van der Waals surface area contributed by atoms with E-state index in [9.17, 15) is 14.9 Å². The van der Waals surface area contributed by atoms with Crippen molar-refractivity contribution in [2.75, 3.05) is 0 Å². The van der Waals surface area contributed by atoms with Crippen molar-refractivity contribution < 1.29 is 19.5 Å². The molecular formula is C28H47NO5. The molecular weight excluding hydrogens is 430 g/mol. The molecule has 0 radical (unpaired) electrons. The first-order valence-corrected chi connectivity index (χ1v) is 13.9. The number of esters is 1. The van der Waals surface area contributed by atoms with Crippen LogP contribution in [0.15, 0.2) is 0 Å². The molecule has 0 aromatic rings. The minimum atomic E-state index is -0.590. The van der Waals surface area contributed by atoms with Gasteiger partial charge in [-0.1, -0.05) is 20.8 Å². The van der Waals surface area contributed by atoms with Crippen molar-refractivity contribution in [1.29, 1.82) is 0 Å². The van der Waals surface area contributed by atoms with E-state index < -0.39 is 10.7 Å². The van der Waals surface area contributed by atoms with Crippen molar-refractivity contribution in [1.82, 2.24) is 0 Å². The number of carbonyl (C=O) groups excluding carboxylic acids is 1. The molecule has 4 rings (SSSR count). The Labute approximate surface area is 206 Å². The first kappa shape index (κ1) is 25.8. The number of fused-ring (bicyclic) bond motifs is 5. The molecule has 4 aliphatic rings. The molecule has 9 atom stereocenters. The lowest BCUT2D eigenvalue weighted by atomic mass is 9.44. The third-order valence-electron chi connectivity index (χ3n) is 10.8. The summed E-state index contributed by atoms with van der Waals surface area (Å²) in [4.78, 5) is 28.2. The molecule has 34 heavy (non-hydrogen) atoms. The van der Waals surface area contributed by atoms with Crippen molar-refractivity contribution in [2.24, 2.45) is 46.3 Å². The van der Waals surface area contributed by atoms with E-state index in [1.54, 1.807) is 0 Å². The van der Waals surface area contributed by atoms with Crippen LogP contribution in [0.1, 0.15) is 112 Å². The molecule has 0 heterocycles. The monoisotopic (exact) mass is 477 g/mol. The van der Waals surface area contributed by atoms with Crippen LogP contribution in [0.4, 0.5) is 0 Å². The van der Waals surface area contributed by atoms with Gasteiger partial charge in [-0.05, 0) is 131 Å². The van der Waals surface area contributed by atoms with Crippen LogP contribution >= 0.6 is 0 Å². The Hall–Kier alpha value is -1.33. The molecule has 0 unspecified atom stereocenters. The highest BCUT2D eigenvalue weighted by atomic mass is 17.0. The lowest BCUT2D eigenvalue weighted by Crippen LogP contribution is -2.54. The van der Waals surface area contributed by atoms with Gasteiger partial charge < -0.3 is 9.57 Å². The van der Waals surface area contributed by atoms with Gasteiger partial charge in [-0.25, -0.2) is 0 Å². The minimum absolute atomic E-state index is 0.0642. The summed E-state index contributed by atoms with van der Waals surface area (Å²) < 4.78 is 5.56. The molecule has 0 spiro atoms. The Morgan fingerprint density at radius 1 is 1.03 bits per heavy atom. The summed E-state index contributed by atoms with van der Waals surface area (Å²) in [7, 11) is 0. The van der Waals surface area contributed by atoms with Gasteiger partial charge in [0, 0.05) is 6.42 Å². The van der Waals surface area contributed by atoms with Gasteiger partial charge >= 0.3 is 5.97 Å². The second kappa shape index (κ2) is 9.28. The summed E-state index contributed by atoms with van der Waals surface area (Å²) in [5.74, 6) is 4.04. The predicted molar refractivity (Wildman–Crippen MR) is 131 cm³/mol. The number of hydrogen-bond acceptors (Lipinski definition) is 5. The van der Waals surface area contributed by atoms with E-state index in [1.807, 2.05) is 20.8 Å². The molecule has 0 aromatic heterocycles. The molecule has 6 heteroatoms. The van der Waals surface area contributed by atoms with E-state index in [4.69, 9.17) is 9.57 Å². The maximum absolute atomic E-state index is 12.3. The summed E-state index contributed by atoms with van der Waals surface area (Å²) in [5, 5.41) is 10.3. The van der Waals surface area contributed by atoms with Crippen molar-refractivity contribution in [2.45, 2.75) is 124 Å². The summed E-state index contributed by atoms with van der Waals surface area (Å²) >= 11 is 0. The van der Waals surface area contributed by atoms with Gasteiger partial charge in [-0.15, -0.1) is 10.1 Å². The molecule has 0 amide bonds. The Morgan fingerprint density at radius 3 is 2.38 bits per heavy atom. The number of carbonyl (C=O) groups is 1. The first-order chi connectivity index (χ1) is 15.8. The van der Waals surface area contributed by atoms with Gasteiger partial charge in [0.2, 0.25) is 0 Å². The summed E-state index contributed by atoms with van der Waals surface area (Å²) in [6.07, 6.45) is 11.6. The molecule has 4 fully saturated rings. The van der Waals surface area contributed by atoms with Gasteiger partial charge in [0.15, 0.2) is 0 Å². The zero-order valence-electron chi connectivity index (χ0n) is 22.3. The summed E-state index contributed by atoms with van der Waals surface area (Å²) in [6.45, 7) is 13.2. The van der Waals surface area contributed by atoms with Gasteiger partial charge in [0.1, 0.15) is 11.7 Å². The molecule has 4 saturated carbocycles. The maximum atomic E-state index is 12.3. The minimum Gasteiger partial charge on any atom is -0.460 e. The van der Waals surface area contributed by atoms with Crippen molar-refractivity contribution in [3.8, 4) is 0 Å². The highest BCUT2D eigenvalue weighted by Gasteiger charge is 2.60. The van der Waals surface area contributed by atoms with E-state index in [2.05, 4.69) is 20.8 Å². The van der Waals surface area contributed by atoms with E-state index in [0.717, 1.165) is 43.4 Å². The zero-order valence-corrected chi connectivity index (χ0v) is 22.3. The molecule has 0 bridgehead atoms. The Bertz CT molecular complexity index is 777. The fraction of sp³-hybridized carbons (Fsp3) is 0.964. The quantitative estimate of drug-likeness (QED) is 0.234. The molecule has 194 valence electrons. The summed E-state index contributed by atoms with van der Waals surface area (Å²) in [5.41, 5.74) is 0.275. The smallest absolute Gasteiger partial charge is 0.306 e. The normalized spacial score (nSPS) is 42.6. The van der Waals surface area contributed by atoms with Crippen LogP contribution in [0.5, 0.6) is 0 Å². The second-order valence-corrected chi connectivity index (χ2v) is 13.7. The van der Waals surface area contributed by atoms with Crippen LogP contribution in [-0.4, -0.2) is 22.8 Å². The van der Waals surface area contributed by atoms with Crippen molar-refractivity contribution in [3.05, 3.63) is 10.1 Å². The lowest BCUT2D eigenvalue weighted by Gasteiger charge is -2.61. The van der Waals surface area contributed by atoms with Crippen LogP contribution < -0.4 is 0 Å². The van der Waals surface area contributed by atoms with Crippen LogP contribution in [-0.2, 0) is 14.4 Å². The van der Waals surface area contributed by atoms with Crippen LogP contribution in [0, 0.1) is 56.5 Å². The molecule has 4 aliphatic carbocycles. The molecule has 0 aromatic carbocycles.